The number of esters is 1. The molecular formula is C20H18F3N5O2. The molecule has 0 atom stereocenters. The van der Waals surface area contributed by atoms with Gasteiger partial charge in [-0.3, -0.25) is 0 Å². The molecule has 0 saturated carbocycles. The number of nitrogen functional groups attached to an aromatic ring is 1. The van der Waals surface area contributed by atoms with E-state index in [-0.39, 0.29) is 23.0 Å². The Labute approximate surface area is 170 Å². The molecule has 3 aromatic rings. The molecule has 0 unspecified atom stereocenters. The lowest BCUT2D eigenvalue weighted by Gasteiger charge is -2.23. The van der Waals surface area contributed by atoms with E-state index >= 15 is 0 Å². The second-order valence-corrected chi connectivity index (χ2v) is 6.23. The largest absolute Gasteiger partial charge is 0.465 e. The van der Waals surface area contributed by atoms with Crippen LogP contribution in [0.15, 0.2) is 54.9 Å². The lowest BCUT2D eigenvalue weighted by molar-refractivity contribution is -0.137. The third-order valence-electron chi connectivity index (χ3n) is 4.30. The Bertz CT molecular complexity index is 1070. The van der Waals surface area contributed by atoms with E-state index in [4.69, 9.17) is 10.5 Å². The third-order valence-corrected chi connectivity index (χ3v) is 4.30. The van der Waals surface area contributed by atoms with Crippen LogP contribution >= 0.6 is 0 Å². The van der Waals surface area contributed by atoms with Crippen LogP contribution in [-0.4, -0.2) is 30.1 Å². The monoisotopic (exact) mass is 417 g/mol. The molecule has 0 bridgehead atoms. The van der Waals surface area contributed by atoms with Crippen molar-refractivity contribution in [1.29, 1.82) is 0 Å². The first-order chi connectivity index (χ1) is 14.2. The number of aromatic nitrogens is 2. The fourth-order valence-corrected chi connectivity index (χ4v) is 2.83. The van der Waals surface area contributed by atoms with Crippen molar-refractivity contribution in [3.63, 3.8) is 0 Å². The van der Waals surface area contributed by atoms with Crippen molar-refractivity contribution in [3.8, 4) is 0 Å². The number of carbonyl (C=O) groups excluding carboxylic acids is 1. The maximum Gasteiger partial charge on any atom is 0.416 e. The Morgan fingerprint density at radius 2 is 1.87 bits per heavy atom. The number of methoxy groups -OCH3 is 1. The average molecular weight is 417 g/mol. The molecule has 0 amide bonds. The summed E-state index contributed by atoms with van der Waals surface area (Å²) in [5.41, 5.74) is 6.43. The van der Waals surface area contributed by atoms with Crippen molar-refractivity contribution >= 4 is 34.7 Å². The molecule has 0 fully saturated rings. The predicted octanol–water partition coefficient (Wildman–Crippen LogP) is 4.38. The number of ether oxygens (including phenoxy) is 1. The first-order valence-corrected chi connectivity index (χ1v) is 8.68. The highest BCUT2D eigenvalue weighted by molar-refractivity contribution is 5.97. The van der Waals surface area contributed by atoms with E-state index < -0.39 is 17.7 Å². The number of para-hydroxylation sites is 1. The number of nitrogens with zero attached hydrogens (tertiary/aromatic N) is 3. The van der Waals surface area contributed by atoms with Gasteiger partial charge in [-0.25, -0.2) is 14.8 Å². The summed E-state index contributed by atoms with van der Waals surface area (Å²) in [6, 6.07) is 11.4. The van der Waals surface area contributed by atoms with Gasteiger partial charge in [-0.05, 0) is 30.3 Å². The lowest BCUT2D eigenvalue weighted by atomic mass is 10.1. The Morgan fingerprint density at radius 3 is 2.57 bits per heavy atom. The van der Waals surface area contributed by atoms with Gasteiger partial charge in [0.15, 0.2) is 11.6 Å². The standard InChI is InChI=1S/C20H18F3N5O2/c1-28(15-9-4-3-8-14(15)19(29)30-2)18-16(24)17(25-11-26-18)27-13-7-5-6-12(10-13)20(21,22)23/h3-11H,24H2,1-2H3,(H,25,26,27). The number of carbonyl (C=O) groups is 1. The summed E-state index contributed by atoms with van der Waals surface area (Å²) in [6.45, 7) is 0. The van der Waals surface area contributed by atoms with Crippen LogP contribution in [0.4, 0.5) is 41.9 Å². The van der Waals surface area contributed by atoms with Crippen LogP contribution < -0.4 is 16.0 Å². The van der Waals surface area contributed by atoms with Gasteiger partial charge in [0.1, 0.15) is 12.0 Å². The van der Waals surface area contributed by atoms with Crippen LogP contribution in [0.2, 0.25) is 0 Å². The van der Waals surface area contributed by atoms with Crippen molar-refractivity contribution < 1.29 is 22.7 Å². The van der Waals surface area contributed by atoms with E-state index in [2.05, 4.69) is 15.3 Å². The summed E-state index contributed by atoms with van der Waals surface area (Å²) in [4.78, 5) is 21.8. The molecule has 0 aliphatic rings. The Kier molecular flexibility index (Phi) is 5.77. The van der Waals surface area contributed by atoms with E-state index in [9.17, 15) is 18.0 Å². The molecule has 3 rings (SSSR count). The predicted molar refractivity (Wildman–Crippen MR) is 107 cm³/mol. The quantitative estimate of drug-likeness (QED) is 0.595. The topological polar surface area (TPSA) is 93.4 Å². The number of hydrogen-bond acceptors (Lipinski definition) is 7. The second-order valence-electron chi connectivity index (χ2n) is 6.23. The zero-order valence-corrected chi connectivity index (χ0v) is 16.1. The number of hydrogen-bond donors (Lipinski definition) is 2. The van der Waals surface area contributed by atoms with Crippen molar-refractivity contribution in [1.82, 2.24) is 9.97 Å². The summed E-state index contributed by atoms with van der Waals surface area (Å²) >= 11 is 0. The first kappa shape index (κ1) is 20.9. The molecule has 1 heterocycles. The number of alkyl halides is 3. The molecule has 0 radical (unpaired) electrons. The fourth-order valence-electron chi connectivity index (χ4n) is 2.83. The number of nitrogens with two attached hydrogens (primary N) is 1. The van der Waals surface area contributed by atoms with E-state index in [0.29, 0.717) is 11.3 Å². The van der Waals surface area contributed by atoms with Crippen molar-refractivity contribution in [2.45, 2.75) is 6.18 Å². The third kappa shape index (κ3) is 4.27. The van der Waals surface area contributed by atoms with Crippen molar-refractivity contribution in [2.24, 2.45) is 0 Å². The first-order valence-electron chi connectivity index (χ1n) is 8.68. The number of benzene rings is 2. The van der Waals surface area contributed by atoms with Crippen LogP contribution in [-0.2, 0) is 10.9 Å². The normalized spacial score (nSPS) is 11.1. The van der Waals surface area contributed by atoms with E-state index in [0.717, 1.165) is 12.1 Å². The number of halogens is 3. The minimum absolute atomic E-state index is 0.0945. The maximum absolute atomic E-state index is 13.0. The molecule has 1 aromatic heterocycles. The number of anilines is 5. The van der Waals surface area contributed by atoms with Gasteiger partial charge < -0.3 is 20.7 Å². The molecular weight excluding hydrogens is 399 g/mol. The Morgan fingerprint density at radius 1 is 1.13 bits per heavy atom. The highest BCUT2D eigenvalue weighted by Gasteiger charge is 2.30. The summed E-state index contributed by atoms with van der Waals surface area (Å²) in [5.74, 6) is -0.148. The van der Waals surface area contributed by atoms with Gasteiger partial charge in [0.05, 0.1) is 23.9 Å². The minimum Gasteiger partial charge on any atom is -0.465 e. The number of nitrogens with one attached hydrogen (secondary N) is 1. The van der Waals surface area contributed by atoms with Crippen LogP contribution in [0, 0.1) is 0 Å². The van der Waals surface area contributed by atoms with Crippen molar-refractivity contribution in [2.75, 3.05) is 30.1 Å². The van der Waals surface area contributed by atoms with E-state index in [1.165, 1.54) is 25.6 Å². The SMILES string of the molecule is COC(=O)c1ccccc1N(C)c1ncnc(Nc2cccc(C(F)(F)F)c2)c1N. The molecule has 2 aromatic carbocycles. The van der Waals surface area contributed by atoms with Gasteiger partial charge in [0.2, 0.25) is 0 Å². The van der Waals surface area contributed by atoms with Gasteiger partial charge in [0, 0.05) is 12.7 Å². The van der Waals surface area contributed by atoms with Gasteiger partial charge in [0.25, 0.3) is 0 Å². The van der Waals surface area contributed by atoms with E-state index in [1.807, 2.05) is 0 Å². The number of rotatable bonds is 5. The van der Waals surface area contributed by atoms with Gasteiger partial charge in [-0.1, -0.05) is 18.2 Å². The molecule has 0 aliphatic heterocycles. The van der Waals surface area contributed by atoms with Crippen LogP contribution in [0.1, 0.15) is 15.9 Å². The van der Waals surface area contributed by atoms with Crippen LogP contribution in [0.25, 0.3) is 0 Å². The lowest BCUT2D eigenvalue weighted by Crippen LogP contribution is -2.18. The fraction of sp³-hybridized carbons (Fsp3) is 0.150. The summed E-state index contributed by atoms with van der Waals surface area (Å²) < 4.78 is 43.7. The maximum atomic E-state index is 13.0. The molecule has 0 aliphatic carbocycles. The minimum atomic E-state index is -4.47. The van der Waals surface area contributed by atoms with Crippen LogP contribution in [0.3, 0.4) is 0 Å². The smallest absolute Gasteiger partial charge is 0.416 e. The summed E-state index contributed by atoms with van der Waals surface area (Å²) in [7, 11) is 2.92. The molecule has 0 spiro atoms. The highest BCUT2D eigenvalue weighted by Crippen LogP contribution is 2.35. The van der Waals surface area contributed by atoms with Crippen LogP contribution in [0.5, 0.6) is 0 Å². The molecule has 3 N–H and O–H groups in total. The highest BCUT2D eigenvalue weighted by atomic mass is 19.4. The molecule has 30 heavy (non-hydrogen) atoms. The Hall–Kier alpha value is -3.82. The molecule has 156 valence electrons. The van der Waals surface area contributed by atoms with Gasteiger partial charge in [-0.15, -0.1) is 0 Å². The molecule has 10 heteroatoms. The Balaban J connectivity index is 1.96. The second kappa shape index (κ2) is 8.27. The summed E-state index contributed by atoms with van der Waals surface area (Å²) in [6.07, 6.45) is -3.25. The average Bonchev–Trinajstić information content (AvgIpc) is 2.74. The van der Waals surface area contributed by atoms with Gasteiger partial charge >= 0.3 is 12.1 Å². The summed E-state index contributed by atoms with van der Waals surface area (Å²) in [5, 5.41) is 2.79. The zero-order valence-electron chi connectivity index (χ0n) is 16.1. The van der Waals surface area contributed by atoms with Crippen molar-refractivity contribution in [3.05, 3.63) is 66.0 Å². The zero-order chi connectivity index (χ0) is 21.9. The van der Waals surface area contributed by atoms with Gasteiger partial charge in [-0.2, -0.15) is 13.2 Å². The van der Waals surface area contributed by atoms with E-state index in [1.54, 1.807) is 36.2 Å². The molecule has 0 saturated heterocycles. The molecule has 7 nitrogen and oxygen atoms in total.